The van der Waals surface area contributed by atoms with E-state index in [1.807, 2.05) is 44.7 Å². The Morgan fingerprint density at radius 3 is 2.78 bits per heavy atom. The minimum absolute atomic E-state index is 0.148. The molecule has 0 aromatic heterocycles. The summed E-state index contributed by atoms with van der Waals surface area (Å²) < 4.78 is 10.9. The number of nitrogens with one attached hydrogen (secondary N) is 1. The summed E-state index contributed by atoms with van der Waals surface area (Å²) in [7, 11) is 1.67. The number of likely N-dealkylation sites (tertiary alicyclic amines) is 1. The van der Waals surface area contributed by atoms with E-state index in [0.717, 1.165) is 30.8 Å². The van der Waals surface area contributed by atoms with Gasteiger partial charge in [0.25, 0.3) is 0 Å². The molecule has 2 rings (SSSR count). The molecule has 0 saturated carbocycles. The fourth-order valence-corrected chi connectivity index (χ4v) is 2.80. The van der Waals surface area contributed by atoms with Crippen molar-refractivity contribution in [2.45, 2.75) is 52.2 Å². The predicted molar refractivity (Wildman–Crippen MR) is 92.2 cm³/mol. The van der Waals surface area contributed by atoms with Crippen LogP contribution in [0.3, 0.4) is 0 Å². The average molecular weight is 320 g/mol. The van der Waals surface area contributed by atoms with E-state index in [-0.39, 0.29) is 12.1 Å². The molecule has 5 nitrogen and oxygen atoms in total. The van der Waals surface area contributed by atoms with Gasteiger partial charge in [-0.15, -0.1) is 0 Å². The van der Waals surface area contributed by atoms with E-state index in [1.165, 1.54) is 5.56 Å². The van der Waals surface area contributed by atoms with Gasteiger partial charge in [0.1, 0.15) is 11.4 Å². The van der Waals surface area contributed by atoms with E-state index in [1.54, 1.807) is 7.11 Å². The van der Waals surface area contributed by atoms with Crippen molar-refractivity contribution >= 4 is 11.8 Å². The van der Waals surface area contributed by atoms with Gasteiger partial charge in [0.05, 0.1) is 18.8 Å². The van der Waals surface area contributed by atoms with Gasteiger partial charge in [-0.1, -0.05) is 6.07 Å². The molecule has 1 aromatic carbocycles. The Balaban J connectivity index is 1.99. The maximum absolute atomic E-state index is 12.3. The van der Waals surface area contributed by atoms with Gasteiger partial charge in [-0.3, -0.25) is 0 Å². The molecule has 1 amide bonds. The summed E-state index contributed by atoms with van der Waals surface area (Å²) in [4.78, 5) is 14.1. The van der Waals surface area contributed by atoms with Crippen LogP contribution in [0.25, 0.3) is 0 Å². The van der Waals surface area contributed by atoms with Crippen LogP contribution < -0.4 is 10.1 Å². The molecular formula is C18H28N2O3. The number of amides is 1. The first-order valence-electron chi connectivity index (χ1n) is 8.18. The summed E-state index contributed by atoms with van der Waals surface area (Å²) in [6, 6.07) is 6.19. The first kappa shape index (κ1) is 17.4. The largest absolute Gasteiger partial charge is 0.495 e. The number of anilines is 1. The van der Waals surface area contributed by atoms with Gasteiger partial charge in [-0.25, -0.2) is 4.79 Å². The maximum Gasteiger partial charge on any atom is 0.410 e. The van der Waals surface area contributed by atoms with Gasteiger partial charge < -0.3 is 19.7 Å². The fraction of sp³-hybridized carbons (Fsp3) is 0.611. The first-order valence-corrected chi connectivity index (χ1v) is 8.18. The highest BCUT2D eigenvalue weighted by atomic mass is 16.6. The fourth-order valence-electron chi connectivity index (χ4n) is 2.80. The summed E-state index contributed by atoms with van der Waals surface area (Å²) in [6.07, 6.45) is 1.77. The molecule has 0 spiro atoms. The Bertz CT molecular complexity index is 552. The minimum atomic E-state index is -0.461. The Morgan fingerprint density at radius 2 is 2.13 bits per heavy atom. The summed E-state index contributed by atoms with van der Waals surface area (Å²) in [5.41, 5.74) is 1.67. The number of methoxy groups -OCH3 is 1. The molecule has 23 heavy (non-hydrogen) atoms. The number of hydrogen-bond donors (Lipinski definition) is 1. The second kappa shape index (κ2) is 7.11. The van der Waals surface area contributed by atoms with E-state index in [9.17, 15) is 4.79 Å². The normalized spacial score (nSPS) is 18.0. The molecule has 1 aromatic rings. The topological polar surface area (TPSA) is 50.8 Å². The lowest BCUT2D eigenvalue weighted by atomic mass is 10.2. The number of benzene rings is 1. The number of rotatable bonds is 4. The Morgan fingerprint density at radius 1 is 1.39 bits per heavy atom. The molecule has 1 fully saturated rings. The van der Waals surface area contributed by atoms with E-state index in [4.69, 9.17) is 9.47 Å². The van der Waals surface area contributed by atoms with E-state index in [2.05, 4.69) is 11.4 Å². The SMILES string of the molecule is COc1ccc(C)cc1NCC1CCCN1C(=O)OC(C)(C)C. The van der Waals surface area contributed by atoms with Crippen LogP contribution in [0, 0.1) is 6.92 Å². The summed E-state index contributed by atoms with van der Waals surface area (Å²) >= 11 is 0. The van der Waals surface area contributed by atoms with Crippen molar-refractivity contribution in [1.82, 2.24) is 4.90 Å². The van der Waals surface area contributed by atoms with E-state index in [0.29, 0.717) is 6.54 Å². The lowest BCUT2D eigenvalue weighted by molar-refractivity contribution is 0.0235. The zero-order chi connectivity index (χ0) is 17.0. The molecule has 5 heteroatoms. The van der Waals surface area contributed by atoms with Crippen LogP contribution in [0.1, 0.15) is 39.2 Å². The van der Waals surface area contributed by atoms with Crippen LogP contribution in [0.15, 0.2) is 18.2 Å². The molecule has 1 heterocycles. The molecule has 1 N–H and O–H groups in total. The van der Waals surface area contributed by atoms with Crippen molar-refractivity contribution in [2.75, 3.05) is 25.5 Å². The molecule has 1 aliphatic rings. The van der Waals surface area contributed by atoms with Crippen molar-refractivity contribution in [3.8, 4) is 5.75 Å². The van der Waals surface area contributed by atoms with Crippen molar-refractivity contribution in [3.05, 3.63) is 23.8 Å². The Hall–Kier alpha value is -1.91. The number of hydrogen-bond acceptors (Lipinski definition) is 4. The molecule has 0 bridgehead atoms. The van der Waals surface area contributed by atoms with Gasteiger partial charge in [0.2, 0.25) is 0 Å². The third-order valence-corrected chi connectivity index (χ3v) is 3.89. The number of carbonyl (C=O) groups is 1. The second-order valence-corrected chi connectivity index (χ2v) is 7.05. The Labute approximate surface area is 139 Å². The van der Waals surface area contributed by atoms with Crippen LogP contribution in [-0.4, -0.2) is 42.8 Å². The quantitative estimate of drug-likeness (QED) is 0.916. The van der Waals surface area contributed by atoms with Crippen LogP contribution >= 0.6 is 0 Å². The average Bonchev–Trinajstić information content (AvgIpc) is 2.92. The molecule has 1 unspecified atom stereocenters. The van der Waals surface area contributed by atoms with E-state index < -0.39 is 5.60 Å². The zero-order valence-electron chi connectivity index (χ0n) is 14.8. The van der Waals surface area contributed by atoms with Gasteiger partial charge >= 0.3 is 6.09 Å². The van der Waals surface area contributed by atoms with Gasteiger partial charge in [-0.05, 0) is 58.2 Å². The maximum atomic E-state index is 12.3. The molecule has 1 aliphatic heterocycles. The first-order chi connectivity index (χ1) is 10.8. The second-order valence-electron chi connectivity index (χ2n) is 7.05. The highest BCUT2D eigenvalue weighted by molar-refractivity contribution is 5.69. The highest BCUT2D eigenvalue weighted by Crippen LogP contribution is 2.27. The van der Waals surface area contributed by atoms with Crippen LogP contribution in [0.2, 0.25) is 0 Å². The Kier molecular flexibility index (Phi) is 5.39. The molecular weight excluding hydrogens is 292 g/mol. The van der Waals surface area contributed by atoms with Crippen LogP contribution in [-0.2, 0) is 4.74 Å². The van der Waals surface area contributed by atoms with Crippen molar-refractivity contribution in [3.63, 3.8) is 0 Å². The number of ether oxygens (including phenoxy) is 2. The van der Waals surface area contributed by atoms with Crippen molar-refractivity contribution < 1.29 is 14.3 Å². The number of aryl methyl sites for hydroxylation is 1. The zero-order valence-corrected chi connectivity index (χ0v) is 14.8. The highest BCUT2D eigenvalue weighted by Gasteiger charge is 2.32. The summed E-state index contributed by atoms with van der Waals surface area (Å²) in [5, 5.41) is 3.42. The third-order valence-electron chi connectivity index (χ3n) is 3.89. The van der Waals surface area contributed by atoms with Gasteiger partial charge in [-0.2, -0.15) is 0 Å². The molecule has 1 atom stereocenters. The molecule has 1 saturated heterocycles. The summed E-state index contributed by atoms with van der Waals surface area (Å²) in [6.45, 7) is 9.18. The van der Waals surface area contributed by atoms with Crippen LogP contribution in [0.5, 0.6) is 5.75 Å². The van der Waals surface area contributed by atoms with Crippen LogP contribution in [0.4, 0.5) is 10.5 Å². The number of carbonyl (C=O) groups excluding carboxylic acids is 1. The molecule has 128 valence electrons. The van der Waals surface area contributed by atoms with Gasteiger partial charge in [0.15, 0.2) is 0 Å². The van der Waals surface area contributed by atoms with Crippen molar-refractivity contribution in [2.24, 2.45) is 0 Å². The molecule has 0 radical (unpaired) electrons. The monoisotopic (exact) mass is 320 g/mol. The lowest BCUT2D eigenvalue weighted by Gasteiger charge is -2.29. The smallest absolute Gasteiger partial charge is 0.410 e. The van der Waals surface area contributed by atoms with Crippen molar-refractivity contribution in [1.29, 1.82) is 0 Å². The minimum Gasteiger partial charge on any atom is -0.495 e. The van der Waals surface area contributed by atoms with Gasteiger partial charge in [0, 0.05) is 13.1 Å². The third kappa shape index (κ3) is 4.78. The lowest BCUT2D eigenvalue weighted by Crippen LogP contribution is -2.42. The molecule has 0 aliphatic carbocycles. The summed E-state index contributed by atoms with van der Waals surface area (Å²) in [5.74, 6) is 0.817. The standard InChI is InChI=1S/C18H28N2O3/c1-13-8-9-16(22-5)15(11-13)19-12-14-7-6-10-20(14)17(21)23-18(2,3)4/h8-9,11,14,19H,6-7,10,12H2,1-5H3. The number of nitrogens with zero attached hydrogens (tertiary/aromatic N) is 1. The predicted octanol–water partition coefficient (Wildman–Crippen LogP) is 3.82. The van der Waals surface area contributed by atoms with E-state index >= 15 is 0 Å².